The Morgan fingerprint density at radius 3 is 1.38 bits per heavy atom. The van der Waals surface area contributed by atoms with Gasteiger partial charge < -0.3 is 9.47 Å². The molecule has 0 aliphatic carbocycles. The second-order valence-electron chi connectivity index (χ2n) is 7.75. The van der Waals surface area contributed by atoms with E-state index in [4.69, 9.17) is 9.47 Å². The molecule has 0 bridgehead atoms. The molecule has 0 saturated carbocycles. The Balaban J connectivity index is 1.15. The zero-order valence-electron chi connectivity index (χ0n) is 18.2. The standard InChI is InChI=1S/C28H20N2O4/c31-27(25-15-13-21-5-1-3-7-23(21)29-25)33-17-19-9-11-20(12-10-19)18-34-28(32)26-16-14-22-6-2-4-8-24(22)30-26/h1-16H,17-18H2. The predicted octanol–water partition coefficient (Wildman–Crippen LogP) is 5.50. The van der Waals surface area contributed by atoms with Gasteiger partial charge in [0.25, 0.3) is 0 Å². The molecule has 3 aromatic carbocycles. The minimum atomic E-state index is -0.480. The maximum Gasteiger partial charge on any atom is 0.357 e. The summed E-state index contributed by atoms with van der Waals surface area (Å²) < 4.78 is 10.8. The van der Waals surface area contributed by atoms with Crippen LogP contribution in [-0.4, -0.2) is 21.9 Å². The van der Waals surface area contributed by atoms with Crippen molar-refractivity contribution in [1.29, 1.82) is 0 Å². The Morgan fingerprint density at radius 2 is 0.941 bits per heavy atom. The number of ether oxygens (including phenoxy) is 2. The van der Waals surface area contributed by atoms with Gasteiger partial charge in [-0.05, 0) is 35.4 Å². The van der Waals surface area contributed by atoms with Crippen LogP contribution in [-0.2, 0) is 22.7 Å². The fraction of sp³-hybridized carbons (Fsp3) is 0.0714. The Morgan fingerprint density at radius 1 is 0.529 bits per heavy atom. The molecule has 166 valence electrons. The summed E-state index contributed by atoms with van der Waals surface area (Å²) in [6.07, 6.45) is 0. The maximum atomic E-state index is 12.4. The third-order valence-corrected chi connectivity index (χ3v) is 5.38. The molecule has 0 unspecified atom stereocenters. The average molecular weight is 448 g/mol. The molecule has 2 heterocycles. The fourth-order valence-corrected chi connectivity index (χ4v) is 3.54. The highest BCUT2D eigenvalue weighted by Crippen LogP contribution is 2.15. The highest BCUT2D eigenvalue weighted by atomic mass is 16.5. The van der Waals surface area contributed by atoms with Crippen molar-refractivity contribution in [2.75, 3.05) is 0 Å². The molecule has 0 aliphatic heterocycles. The van der Waals surface area contributed by atoms with Gasteiger partial charge in [0.2, 0.25) is 0 Å². The van der Waals surface area contributed by atoms with Gasteiger partial charge in [-0.2, -0.15) is 0 Å². The molecule has 6 heteroatoms. The first-order valence-electron chi connectivity index (χ1n) is 10.8. The van der Waals surface area contributed by atoms with Gasteiger partial charge in [0.15, 0.2) is 0 Å². The quantitative estimate of drug-likeness (QED) is 0.319. The molecular weight excluding hydrogens is 428 g/mol. The number of hydrogen-bond acceptors (Lipinski definition) is 6. The first kappa shape index (κ1) is 21.3. The molecule has 0 fully saturated rings. The highest BCUT2D eigenvalue weighted by Gasteiger charge is 2.12. The maximum absolute atomic E-state index is 12.4. The predicted molar refractivity (Wildman–Crippen MR) is 128 cm³/mol. The topological polar surface area (TPSA) is 78.4 Å². The first-order chi connectivity index (χ1) is 16.7. The summed E-state index contributed by atoms with van der Waals surface area (Å²) in [5.74, 6) is -0.960. The second kappa shape index (κ2) is 9.50. The number of fused-ring (bicyclic) bond motifs is 2. The van der Waals surface area contributed by atoms with E-state index in [2.05, 4.69) is 9.97 Å². The van der Waals surface area contributed by atoms with Crippen LogP contribution >= 0.6 is 0 Å². The Labute approximate surface area is 195 Å². The third-order valence-electron chi connectivity index (χ3n) is 5.38. The van der Waals surface area contributed by atoms with Gasteiger partial charge in [-0.3, -0.25) is 0 Å². The van der Waals surface area contributed by atoms with E-state index in [0.717, 1.165) is 32.9 Å². The summed E-state index contributed by atoms with van der Waals surface area (Å²) in [5, 5.41) is 1.93. The van der Waals surface area contributed by atoms with Crippen LogP contribution in [0.1, 0.15) is 32.1 Å². The number of carbonyl (C=O) groups excluding carboxylic acids is 2. The Bertz CT molecular complexity index is 1380. The highest BCUT2D eigenvalue weighted by molar-refractivity contribution is 5.91. The number of hydrogen-bond donors (Lipinski definition) is 0. The molecule has 0 saturated heterocycles. The van der Waals surface area contributed by atoms with Crippen LogP contribution < -0.4 is 0 Å². The van der Waals surface area contributed by atoms with E-state index in [-0.39, 0.29) is 24.6 Å². The monoisotopic (exact) mass is 448 g/mol. The lowest BCUT2D eigenvalue weighted by molar-refractivity contribution is 0.0454. The summed E-state index contributed by atoms with van der Waals surface area (Å²) in [4.78, 5) is 33.5. The minimum absolute atomic E-state index is 0.119. The van der Waals surface area contributed by atoms with E-state index < -0.39 is 11.9 Å². The molecule has 34 heavy (non-hydrogen) atoms. The Kier molecular flexibility index (Phi) is 5.95. The van der Waals surface area contributed by atoms with E-state index in [0.29, 0.717) is 0 Å². The zero-order chi connectivity index (χ0) is 23.3. The van der Waals surface area contributed by atoms with E-state index in [1.807, 2.05) is 84.9 Å². The van der Waals surface area contributed by atoms with Crippen molar-refractivity contribution in [3.8, 4) is 0 Å². The molecule has 0 spiro atoms. The molecule has 0 radical (unpaired) electrons. The molecule has 0 aliphatic rings. The van der Waals surface area contributed by atoms with Gasteiger partial charge in [-0.1, -0.05) is 72.8 Å². The number of rotatable bonds is 6. The molecule has 6 nitrogen and oxygen atoms in total. The van der Waals surface area contributed by atoms with Crippen LogP contribution in [0.5, 0.6) is 0 Å². The number of aromatic nitrogens is 2. The average Bonchev–Trinajstić information content (AvgIpc) is 2.90. The molecule has 5 aromatic rings. The SMILES string of the molecule is O=C(OCc1ccc(COC(=O)c2ccc3ccccc3n2)cc1)c1ccc2ccccc2n1. The lowest BCUT2D eigenvalue weighted by Gasteiger charge is -2.08. The molecular formula is C28H20N2O4. The summed E-state index contributed by atoms with van der Waals surface area (Å²) in [5.41, 5.74) is 3.67. The van der Waals surface area contributed by atoms with Crippen molar-refractivity contribution < 1.29 is 19.1 Å². The summed E-state index contributed by atoms with van der Waals surface area (Å²) >= 11 is 0. The minimum Gasteiger partial charge on any atom is -0.456 e. The molecule has 0 atom stereocenters. The molecule has 2 aromatic heterocycles. The van der Waals surface area contributed by atoms with Gasteiger partial charge in [0, 0.05) is 10.8 Å². The van der Waals surface area contributed by atoms with E-state index in [1.165, 1.54) is 0 Å². The molecule has 0 amide bonds. The molecule has 0 N–H and O–H groups in total. The normalized spacial score (nSPS) is 10.8. The van der Waals surface area contributed by atoms with Gasteiger partial charge in [0.1, 0.15) is 24.6 Å². The number of carbonyl (C=O) groups is 2. The van der Waals surface area contributed by atoms with E-state index in [9.17, 15) is 9.59 Å². The van der Waals surface area contributed by atoms with Crippen molar-refractivity contribution in [2.45, 2.75) is 13.2 Å². The smallest absolute Gasteiger partial charge is 0.357 e. The van der Waals surface area contributed by atoms with Crippen LogP contribution in [0.2, 0.25) is 0 Å². The van der Waals surface area contributed by atoms with Crippen LogP contribution in [0, 0.1) is 0 Å². The van der Waals surface area contributed by atoms with Gasteiger partial charge in [0.05, 0.1) is 11.0 Å². The second-order valence-corrected chi connectivity index (χ2v) is 7.75. The zero-order valence-corrected chi connectivity index (χ0v) is 18.2. The van der Waals surface area contributed by atoms with Crippen LogP contribution in [0.15, 0.2) is 97.1 Å². The third kappa shape index (κ3) is 4.76. The lowest BCUT2D eigenvalue weighted by atomic mass is 10.1. The summed E-state index contributed by atoms with van der Waals surface area (Å²) in [7, 11) is 0. The van der Waals surface area contributed by atoms with Crippen LogP contribution in [0.3, 0.4) is 0 Å². The molecule has 5 rings (SSSR count). The fourth-order valence-electron chi connectivity index (χ4n) is 3.54. The lowest BCUT2D eigenvalue weighted by Crippen LogP contribution is -2.08. The number of pyridine rings is 2. The van der Waals surface area contributed by atoms with Crippen molar-refractivity contribution in [3.63, 3.8) is 0 Å². The van der Waals surface area contributed by atoms with Crippen LogP contribution in [0.4, 0.5) is 0 Å². The van der Waals surface area contributed by atoms with E-state index in [1.54, 1.807) is 12.1 Å². The number of nitrogens with zero attached hydrogens (tertiary/aromatic N) is 2. The summed E-state index contributed by atoms with van der Waals surface area (Å²) in [6, 6.07) is 29.5. The largest absolute Gasteiger partial charge is 0.456 e. The van der Waals surface area contributed by atoms with Crippen molar-refractivity contribution in [1.82, 2.24) is 9.97 Å². The number of para-hydroxylation sites is 2. The van der Waals surface area contributed by atoms with Crippen LogP contribution in [0.25, 0.3) is 21.8 Å². The Hall–Kier alpha value is -4.58. The van der Waals surface area contributed by atoms with Gasteiger partial charge >= 0.3 is 11.9 Å². The van der Waals surface area contributed by atoms with Gasteiger partial charge in [-0.25, -0.2) is 19.6 Å². The van der Waals surface area contributed by atoms with E-state index >= 15 is 0 Å². The van der Waals surface area contributed by atoms with Gasteiger partial charge in [-0.15, -0.1) is 0 Å². The van der Waals surface area contributed by atoms with Crippen molar-refractivity contribution in [3.05, 3.63) is 120 Å². The number of benzene rings is 3. The van der Waals surface area contributed by atoms with Crippen molar-refractivity contribution in [2.24, 2.45) is 0 Å². The van der Waals surface area contributed by atoms with Crippen molar-refractivity contribution >= 4 is 33.7 Å². The first-order valence-corrected chi connectivity index (χ1v) is 10.8. The number of esters is 2. The summed E-state index contributed by atoms with van der Waals surface area (Å²) in [6.45, 7) is 0.239.